The number of ether oxygens (including phenoxy) is 1. The van der Waals surface area contributed by atoms with Crippen molar-refractivity contribution in [1.82, 2.24) is 15.3 Å². The fourth-order valence-corrected chi connectivity index (χ4v) is 2.86. The summed E-state index contributed by atoms with van der Waals surface area (Å²) in [4.78, 5) is 30.5. The van der Waals surface area contributed by atoms with Crippen molar-refractivity contribution >= 4 is 19.3 Å². The van der Waals surface area contributed by atoms with E-state index in [0.29, 0.717) is 5.47 Å². The molecule has 0 unspecified atom stereocenters. The number of nitrogens with zero attached hydrogens (tertiary/aromatic N) is 1. The number of hydrogen-bond donors (Lipinski definition) is 3. The summed E-state index contributed by atoms with van der Waals surface area (Å²) >= 11 is 0. The molecule has 1 aliphatic heterocycles. The highest BCUT2D eigenvalue weighted by molar-refractivity contribution is 6.56. The number of rotatable bonds is 6. The number of aromatic nitrogens is 2. The number of aromatic amines is 1. The molecule has 1 aromatic heterocycles. The SMILES string of the molecule is CC1(C)OB(C(=Cc2c(O)nc[nH]c2=O)CNC(=O)OCc2ccccc2)OC1(C)C. The van der Waals surface area contributed by atoms with Crippen LogP contribution in [0.1, 0.15) is 38.8 Å². The van der Waals surface area contributed by atoms with Crippen molar-refractivity contribution in [1.29, 1.82) is 0 Å². The number of aromatic hydroxyl groups is 1. The molecule has 10 heteroatoms. The summed E-state index contributed by atoms with van der Waals surface area (Å²) in [5.41, 5.74) is -0.586. The Kier molecular flexibility index (Phi) is 6.52. The zero-order valence-electron chi connectivity index (χ0n) is 18.0. The van der Waals surface area contributed by atoms with Gasteiger partial charge in [-0.15, -0.1) is 0 Å². The van der Waals surface area contributed by atoms with Gasteiger partial charge in [-0.25, -0.2) is 9.78 Å². The van der Waals surface area contributed by atoms with Gasteiger partial charge in [-0.3, -0.25) is 4.79 Å². The monoisotopic (exact) mass is 427 g/mol. The Balaban J connectivity index is 1.77. The second-order valence-corrected chi connectivity index (χ2v) is 8.19. The Morgan fingerprint density at radius 2 is 1.87 bits per heavy atom. The summed E-state index contributed by atoms with van der Waals surface area (Å²) in [5, 5.41) is 12.6. The van der Waals surface area contributed by atoms with Gasteiger partial charge in [-0.1, -0.05) is 30.3 Å². The Morgan fingerprint density at radius 3 is 2.48 bits per heavy atom. The minimum Gasteiger partial charge on any atom is -0.493 e. The zero-order chi connectivity index (χ0) is 22.6. The van der Waals surface area contributed by atoms with E-state index in [1.54, 1.807) is 0 Å². The van der Waals surface area contributed by atoms with E-state index in [4.69, 9.17) is 14.0 Å². The van der Waals surface area contributed by atoms with E-state index in [0.717, 1.165) is 11.9 Å². The quantitative estimate of drug-likeness (QED) is 0.605. The third-order valence-electron chi connectivity index (χ3n) is 5.40. The molecule has 0 spiro atoms. The third-order valence-corrected chi connectivity index (χ3v) is 5.40. The van der Waals surface area contributed by atoms with Crippen molar-refractivity contribution in [3.05, 3.63) is 63.6 Å². The summed E-state index contributed by atoms with van der Waals surface area (Å²) in [6.07, 6.45) is 1.86. The maximum absolute atomic E-state index is 12.2. The van der Waals surface area contributed by atoms with Crippen LogP contribution in [0.4, 0.5) is 4.79 Å². The Labute approximate surface area is 180 Å². The molecule has 1 amide bonds. The molecule has 1 aliphatic rings. The van der Waals surface area contributed by atoms with E-state index < -0.39 is 35.9 Å². The fraction of sp³-hybridized carbons (Fsp3) is 0.381. The lowest BCUT2D eigenvalue weighted by molar-refractivity contribution is 0.00578. The summed E-state index contributed by atoms with van der Waals surface area (Å²) in [6.45, 7) is 7.64. The number of hydrogen-bond acceptors (Lipinski definition) is 7. The highest BCUT2D eigenvalue weighted by Gasteiger charge is 2.52. The molecule has 2 heterocycles. The average Bonchev–Trinajstić information content (AvgIpc) is 2.93. The van der Waals surface area contributed by atoms with Crippen LogP contribution in [0.3, 0.4) is 0 Å². The van der Waals surface area contributed by atoms with Crippen molar-refractivity contribution in [2.45, 2.75) is 45.5 Å². The number of carbonyl (C=O) groups is 1. The molecule has 3 rings (SSSR count). The van der Waals surface area contributed by atoms with Gasteiger partial charge in [-0.05, 0) is 44.8 Å². The largest absolute Gasteiger partial charge is 0.493 e. The minimum atomic E-state index is -0.849. The van der Waals surface area contributed by atoms with Crippen LogP contribution in [0.15, 0.2) is 46.9 Å². The maximum Gasteiger partial charge on any atom is 0.492 e. The van der Waals surface area contributed by atoms with Gasteiger partial charge in [0, 0.05) is 6.54 Å². The Morgan fingerprint density at radius 1 is 1.23 bits per heavy atom. The molecule has 0 saturated carbocycles. The molecule has 1 saturated heterocycles. The molecule has 3 N–H and O–H groups in total. The van der Waals surface area contributed by atoms with Crippen LogP contribution in [0.5, 0.6) is 5.88 Å². The summed E-state index contributed by atoms with van der Waals surface area (Å²) < 4.78 is 17.3. The standard InChI is InChI=1S/C21H26BN3O6/c1-20(2)21(3,4)31-22(30-20)15(10-16-17(26)24-13-25-18(16)27)11-23-19(28)29-12-14-8-6-5-7-9-14/h5-10,13H,11-12H2,1-4H3,(H,23,28)(H2,24,25,26,27). The normalized spacial score (nSPS) is 17.4. The van der Waals surface area contributed by atoms with Crippen molar-refractivity contribution in [3.63, 3.8) is 0 Å². The molecule has 2 aromatic rings. The summed E-state index contributed by atoms with van der Waals surface area (Å²) in [5.74, 6) is -0.440. The van der Waals surface area contributed by atoms with E-state index in [-0.39, 0.29) is 18.7 Å². The van der Waals surface area contributed by atoms with Gasteiger partial charge < -0.3 is 29.5 Å². The lowest BCUT2D eigenvalue weighted by Crippen LogP contribution is -2.41. The van der Waals surface area contributed by atoms with Gasteiger partial charge in [0.1, 0.15) is 12.2 Å². The molecule has 31 heavy (non-hydrogen) atoms. The van der Waals surface area contributed by atoms with Crippen LogP contribution < -0.4 is 10.9 Å². The van der Waals surface area contributed by atoms with Gasteiger partial charge in [0.25, 0.3) is 5.56 Å². The van der Waals surface area contributed by atoms with Crippen LogP contribution in [0.2, 0.25) is 0 Å². The van der Waals surface area contributed by atoms with Gasteiger partial charge in [0.2, 0.25) is 5.88 Å². The van der Waals surface area contributed by atoms with Gasteiger partial charge in [0.05, 0.1) is 17.5 Å². The predicted octanol–water partition coefficient (Wildman–Crippen LogP) is 2.42. The van der Waals surface area contributed by atoms with Crippen LogP contribution in [0.25, 0.3) is 6.08 Å². The summed E-state index contributed by atoms with van der Waals surface area (Å²) in [7, 11) is -0.849. The number of alkyl carbamates (subject to hydrolysis) is 1. The fourth-order valence-electron chi connectivity index (χ4n) is 2.86. The second-order valence-electron chi connectivity index (χ2n) is 8.19. The molecular weight excluding hydrogens is 401 g/mol. The minimum absolute atomic E-state index is 0.0295. The predicted molar refractivity (Wildman–Crippen MR) is 115 cm³/mol. The first kappa shape index (κ1) is 22.6. The lowest BCUT2D eigenvalue weighted by atomic mass is 9.77. The molecule has 1 aromatic carbocycles. The van der Waals surface area contributed by atoms with Crippen LogP contribution in [-0.2, 0) is 20.7 Å². The summed E-state index contributed by atoms with van der Waals surface area (Å²) in [6, 6.07) is 9.28. The van der Waals surface area contributed by atoms with Gasteiger partial charge >= 0.3 is 13.2 Å². The molecule has 9 nitrogen and oxygen atoms in total. The molecule has 0 aliphatic carbocycles. The van der Waals surface area contributed by atoms with Crippen molar-refractivity contribution in [2.75, 3.05) is 6.54 Å². The zero-order valence-corrected chi connectivity index (χ0v) is 18.0. The second kappa shape index (κ2) is 8.95. The van der Waals surface area contributed by atoms with E-state index in [9.17, 15) is 14.7 Å². The number of carbonyl (C=O) groups excluding carboxylic acids is 1. The van der Waals surface area contributed by atoms with Gasteiger partial charge in [-0.2, -0.15) is 0 Å². The third kappa shape index (κ3) is 5.34. The number of benzene rings is 1. The molecule has 164 valence electrons. The number of nitrogens with one attached hydrogen (secondary N) is 2. The van der Waals surface area contributed by atoms with Crippen LogP contribution >= 0.6 is 0 Å². The average molecular weight is 427 g/mol. The smallest absolute Gasteiger partial charge is 0.492 e. The van der Waals surface area contributed by atoms with Crippen molar-refractivity contribution in [2.24, 2.45) is 0 Å². The Hall–Kier alpha value is -3.11. The van der Waals surface area contributed by atoms with Gasteiger partial charge in [0.15, 0.2) is 0 Å². The first-order chi connectivity index (χ1) is 14.6. The highest BCUT2D eigenvalue weighted by atomic mass is 16.7. The van der Waals surface area contributed by atoms with Crippen LogP contribution in [0, 0.1) is 0 Å². The number of H-pyrrole nitrogens is 1. The van der Waals surface area contributed by atoms with E-state index in [2.05, 4.69) is 15.3 Å². The van der Waals surface area contributed by atoms with E-state index in [1.807, 2.05) is 58.0 Å². The van der Waals surface area contributed by atoms with Crippen LogP contribution in [-0.4, -0.2) is 46.0 Å². The van der Waals surface area contributed by atoms with E-state index in [1.165, 1.54) is 6.08 Å². The highest BCUT2D eigenvalue weighted by Crippen LogP contribution is 2.38. The molecular formula is C21H26BN3O6. The lowest BCUT2D eigenvalue weighted by Gasteiger charge is -2.32. The van der Waals surface area contributed by atoms with E-state index >= 15 is 0 Å². The first-order valence-corrected chi connectivity index (χ1v) is 9.86. The first-order valence-electron chi connectivity index (χ1n) is 9.86. The maximum atomic E-state index is 12.2. The van der Waals surface area contributed by atoms with Crippen molar-refractivity contribution < 1.29 is 23.9 Å². The topological polar surface area (TPSA) is 123 Å². The Bertz CT molecular complexity index is 1000. The van der Waals surface area contributed by atoms with Crippen molar-refractivity contribution in [3.8, 4) is 5.88 Å². The molecule has 0 radical (unpaired) electrons. The number of amides is 1. The molecule has 0 atom stereocenters. The molecule has 0 bridgehead atoms. The molecule has 1 fully saturated rings.